The van der Waals surface area contributed by atoms with Crippen LogP contribution in [0.5, 0.6) is 0 Å². The van der Waals surface area contributed by atoms with E-state index in [0.717, 1.165) is 22.3 Å². The number of carbonyl (C=O) groups is 3. The van der Waals surface area contributed by atoms with E-state index in [9.17, 15) is 14.4 Å². The van der Waals surface area contributed by atoms with E-state index in [-0.39, 0.29) is 31.9 Å². The molecule has 1 aliphatic rings. The second-order valence-corrected chi connectivity index (χ2v) is 11.6. The summed E-state index contributed by atoms with van der Waals surface area (Å²) in [6.45, 7) is 10.4. The van der Waals surface area contributed by atoms with Crippen molar-refractivity contribution in [1.82, 2.24) is 10.6 Å². The smallest absolute Gasteiger partial charge is 0.407 e. The standard InChI is InChI=1S/C30H39FN2O6/c1-29(2,3)38-26(34)25(31)24(16-11-17-32-27(35)39-30(4,5)6)33-28(36)37-18-23-21-14-9-7-12-19(21)20-13-8-10-15-22(20)23/h7-10,12-15,23-25H,11,16-18H2,1-6H3,(H,32,35)(H,33,36)/t24-,25-/m0/s1. The number of hydrogen-bond acceptors (Lipinski definition) is 6. The number of amides is 2. The van der Waals surface area contributed by atoms with Gasteiger partial charge in [-0.05, 0) is 76.6 Å². The van der Waals surface area contributed by atoms with Crippen molar-refractivity contribution in [3.8, 4) is 11.1 Å². The Labute approximate surface area is 229 Å². The third-order valence-electron chi connectivity index (χ3n) is 5.99. The molecule has 3 rings (SSSR count). The van der Waals surface area contributed by atoms with Gasteiger partial charge in [-0.1, -0.05) is 48.5 Å². The minimum Gasteiger partial charge on any atom is -0.458 e. The van der Waals surface area contributed by atoms with E-state index in [1.165, 1.54) is 0 Å². The Morgan fingerprint density at radius 1 is 0.846 bits per heavy atom. The second kappa shape index (κ2) is 12.5. The Morgan fingerprint density at radius 2 is 1.38 bits per heavy atom. The number of rotatable bonds is 9. The number of fused-ring (bicyclic) bond motifs is 3. The summed E-state index contributed by atoms with van der Waals surface area (Å²) in [5, 5.41) is 5.09. The van der Waals surface area contributed by atoms with Crippen LogP contribution in [-0.2, 0) is 19.0 Å². The Kier molecular flexibility index (Phi) is 9.59. The molecule has 0 saturated carbocycles. The lowest BCUT2D eigenvalue weighted by Gasteiger charge is -2.26. The number of esters is 1. The summed E-state index contributed by atoms with van der Waals surface area (Å²) in [5.74, 6) is -1.24. The van der Waals surface area contributed by atoms with E-state index in [2.05, 4.69) is 10.6 Å². The summed E-state index contributed by atoms with van der Waals surface area (Å²) in [4.78, 5) is 37.1. The maximum atomic E-state index is 15.2. The number of alkyl carbamates (subject to hydrolysis) is 2. The van der Waals surface area contributed by atoms with Crippen LogP contribution >= 0.6 is 0 Å². The second-order valence-electron chi connectivity index (χ2n) is 11.6. The van der Waals surface area contributed by atoms with Crippen molar-refractivity contribution in [2.24, 2.45) is 0 Å². The van der Waals surface area contributed by atoms with Gasteiger partial charge in [-0.2, -0.15) is 0 Å². The normalized spacial score (nSPS) is 14.4. The SMILES string of the molecule is CC(C)(C)OC(=O)NCCC[C@H](NC(=O)OCC1c2ccccc2-c2ccccc21)[C@H](F)C(=O)OC(C)(C)C. The van der Waals surface area contributed by atoms with Crippen LogP contribution in [0.4, 0.5) is 14.0 Å². The number of alkyl halides is 1. The van der Waals surface area contributed by atoms with E-state index in [0.29, 0.717) is 0 Å². The van der Waals surface area contributed by atoms with Crippen molar-refractivity contribution in [3.63, 3.8) is 0 Å². The molecule has 0 unspecified atom stereocenters. The average molecular weight is 543 g/mol. The molecule has 2 atom stereocenters. The summed E-state index contributed by atoms with van der Waals surface area (Å²) in [6.07, 6.45) is -3.23. The van der Waals surface area contributed by atoms with Crippen molar-refractivity contribution in [3.05, 3.63) is 59.7 Å². The van der Waals surface area contributed by atoms with Crippen LogP contribution in [0.3, 0.4) is 0 Å². The van der Waals surface area contributed by atoms with Crippen molar-refractivity contribution in [2.75, 3.05) is 13.2 Å². The average Bonchev–Trinajstić information content (AvgIpc) is 3.15. The van der Waals surface area contributed by atoms with E-state index in [4.69, 9.17) is 14.2 Å². The molecule has 2 N–H and O–H groups in total. The first-order chi connectivity index (χ1) is 18.2. The molecule has 0 spiro atoms. The topological polar surface area (TPSA) is 103 Å². The highest BCUT2D eigenvalue weighted by molar-refractivity contribution is 5.79. The quantitative estimate of drug-likeness (QED) is 0.233. The molecule has 212 valence electrons. The van der Waals surface area contributed by atoms with Crippen LogP contribution in [0.1, 0.15) is 71.4 Å². The van der Waals surface area contributed by atoms with E-state index in [1.807, 2.05) is 48.5 Å². The van der Waals surface area contributed by atoms with Crippen molar-refractivity contribution in [2.45, 2.75) is 83.7 Å². The van der Waals surface area contributed by atoms with Crippen molar-refractivity contribution < 1.29 is 33.0 Å². The van der Waals surface area contributed by atoms with Crippen LogP contribution in [-0.4, -0.2) is 54.7 Å². The predicted molar refractivity (Wildman–Crippen MR) is 146 cm³/mol. The molecule has 0 saturated heterocycles. The third kappa shape index (κ3) is 8.70. The first-order valence-electron chi connectivity index (χ1n) is 13.2. The minimum absolute atomic E-state index is 0.0518. The molecule has 8 nitrogen and oxygen atoms in total. The largest absolute Gasteiger partial charge is 0.458 e. The number of ether oxygens (including phenoxy) is 3. The van der Waals surface area contributed by atoms with Crippen molar-refractivity contribution in [1.29, 1.82) is 0 Å². The Bertz CT molecular complexity index is 1130. The lowest BCUT2D eigenvalue weighted by Crippen LogP contribution is -2.47. The molecule has 0 radical (unpaired) electrons. The molecule has 2 aromatic rings. The Hall–Kier alpha value is -3.62. The maximum Gasteiger partial charge on any atom is 0.407 e. The molecule has 39 heavy (non-hydrogen) atoms. The summed E-state index contributed by atoms with van der Waals surface area (Å²) in [7, 11) is 0. The number of carbonyl (C=O) groups excluding carboxylic acids is 3. The van der Waals surface area contributed by atoms with Gasteiger partial charge in [0.2, 0.25) is 6.17 Å². The van der Waals surface area contributed by atoms with Gasteiger partial charge in [-0.25, -0.2) is 18.8 Å². The van der Waals surface area contributed by atoms with E-state index in [1.54, 1.807) is 41.5 Å². The molecule has 2 amide bonds. The molecule has 0 bridgehead atoms. The van der Waals surface area contributed by atoms with Crippen LogP contribution < -0.4 is 10.6 Å². The maximum absolute atomic E-state index is 15.2. The van der Waals surface area contributed by atoms with Crippen LogP contribution in [0.2, 0.25) is 0 Å². The zero-order valence-electron chi connectivity index (χ0n) is 23.5. The lowest BCUT2D eigenvalue weighted by molar-refractivity contribution is -0.162. The molecule has 0 fully saturated rings. The van der Waals surface area contributed by atoms with Gasteiger partial charge in [0.05, 0.1) is 6.04 Å². The number of hydrogen-bond donors (Lipinski definition) is 2. The highest BCUT2D eigenvalue weighted by Gasteiger charge is 2.34. The highest BCUT2D eigenvalue weighted by Crippen LogP contribution is 2.44. The van der Waals surface area contributed by atoms with Gasteiger partial charge in [0, 0.05) is 12.5 Å². The summed E-state index contributed by atoms with van der Waals surface area (Å²) >= 11 is 0. The van der Waals surface area contributed by atoms with Crippen molar-refractivity contribution >= 4 is 18.2 Å². The van der Waals surface area contributed by atoms with Crippen LogP contribution in [0, 0.1) is 0 Å². The predicted octanol–water partition coefficient (Wildman–Crippen LogP) is 5.88. The first-order valence-corrected chi connectivity index (χ1v) is 13.2. The highest BCUT2D eigenvalue weighted by atomic mass is 19.1. The zero-order valence-corrected chi connectivity index (χ0v) is 23.5. The van der Waals surface area contributed by atoms with Gasteiger partial charge in [-0.15, -0.1) is 0 Å². The number of halogens is 1. The molecule has 2 aromatic carbocycles. The van der Waals surface area contributed by atoms with E-state index >= 15 is 4.39 Å². The van der Waals surface area contributed by atoms with Gasteiger partial charge >= 0.3 is 18.2 Å². The Balaban J connectivity index is 1.62. The molecular formula is C30H39FN2O6. The molecule has 9 heteroatoms. The fourth-order valence-electron chi connectivity index (χ4n) is 4.43. The molecular weight excluding hydrogens is 503 g/mol. The first kappa shape index (κ1) is 29.9. The zero-order chi connectivity index (χ0) is 28.8. The lowest BCUT2D eigenvalue weighted by atomic mass is 9.98. The third-order valence-corrected chi connectivity index (χ3v) is 5.99. The summed E-state index contributed by atoms with van der Waals surface area (Å²) in [6, 6.07) is 14.7. The molecule has 1 aliphatic carbocycles. The molecule has 0 heterocycles. The van der Waals surface area contributed by atoms with Gasteiger partial charge in [-0.3, -0.25) is 0 Å². The fourth-order valence-corrected chi connectivity index (χ4v) is 4.43. The molecule has 0 aromatic heterocycles. The fraction of sp³-hybridized carbons (Fsp3) is 0.500. The number of benzene rings is 2. The van der Waals surface area contributed by atoms with Crippen LogP contribution in [0.15, 0.2) is 48.5 Å². The van der Waals surface area contributed by atoms with Gasteiger partial charge in [0.1, 0.15) is 17.8 Å². The monoisotopic (exact) mass is 542 g/mol. The summed E-state index contributed by atoms with van der Waals surface area (Å²) < 4.78 is 31.2. The number of nitrogens with one attached hydrogen (secondary N) is 2. The Morgan fingerprint density at radius 3 is 1.92 bits per heavy atom. The minimum atomic E-state index is -2.12. The summed E-state index contributed by atoms with van der Waals surface area (Å²) in [5.41, 5.74) is 2.73. The van der Waals surface area contributed by atoms with Gasteiger partial charge in [0.25, 0.3) is 0 Å². The van der Waals surface area contributed by atoms with Gasteiger partial charge < -0.3 is 24.8 Å². The van der Waals surface area contributed by atoms with E-state index < -0.39 is 41.6 Å². The molecule has 0 aliphatic heterocycles. The van der Waals surface area contributed by atoms with Crippen LogP contribution in [0.25, 0.3) is 11.1 Å². The van der Waals surface area contributed by atoms with Gasteiger partial charge in [0.15, 0.2) is 0 Å².